The Morgan fingerprint density at radius 1 is 1.03 bits per heavy atom. The van der Waals surface area contributed by atoms with Crippen LogP contribution in [0.3, 0.4) is 0 Å². The fourth-order valence-electron chi connectivity index (χ4n) is 4.83. The van der Waals surface area contributed by atoms with E-state index in [1.807, 2.05) is 11.0 Å². The van der Waals surface area contributed by atoms with E-state index in [4.69, 9.17) is 10.5 Å². The highest BCUT2D eigenvalue weighted by Gasteiger charge is 2.23. The summed E-state index contributed by atoms with van der Waals surface area (Å²) in [6.07, 6.45) is 0. The van der Waals surface area contributed by atoms with Crippen LogP contribution < -0.4 is 5.73 Å². The molecule has 8 heteroatoms. The zero-order valence-corrected chi connectivity index (χ0v) is 19.5. The summed E-state index contributed by atoms with van der Waals surface area (Å²) in [5.74, 6) is -0.975. The lowest BCUT2D eigenvalue weighted by atomic mass is 9.96. The van der Waals surface area contributed by atoms with Crippen molar-refractivity contribution in [3.63, 3.8) is 0 Å². The van der Waals surface area contributed by atoms with Crippen molar-refractivity contribution < 1.29 is 18.7 Å². The molecular formula is C27H27FN4O3. The van der Waals surface area contributed by atoms with Gasteiger partial charge in [0.05, 0.1) is 17.7 Å². The van der Waals surface area contributed by atoms with Gasteiger partial charge in [-0.15, -0.1) is 0 Å². The predicted molar refractivity (Wildman–Crippen MR) is 134 cm³/mol. The fourth-order valence-corrected chi connectivity index (χ4v) is 4.83. The number of nitrogens with one attached hydrogen (secondary N) is 1. The van der Waals surface area contributed by atoms with Crippen molar-refractivity contribution in [2.24, 2.45) is 5.73 Å². The van der Waals surface area contributed by atoms with E-state index in [0.717, 1.165) is 25.0 Å². The maximum absolute atomic E-state index is 14.7. The minimum atomic E-state index is -0.579. The molecular weight excluding hydrogens is 447 g/mol. The minimum absolute atomic E-state index is 0.0404. The number of rotatable bonds is 6. The van der Waals surface area contributed by atoms with Crippen LogP contribution >= 0.6 is 0 Å². The molecule has 0 radical (unpaired) electrons. The molecule has 7 nitrogen and oxygen atoms in total. The zero-order chi connectivity index (χ0) is 24.5. The van der Waals surface area contributed by atoms with Crippen molar-refractivity contribution >= 4 is 33.6 Å². The average Bonchev–Trinajstić information content (AvgIpc) is 3.26. The third-order valence-electron chi connectivity index (χ3n) is 6.70. The molecule has 3 aromatic carbocycles. The van der Waals surface area contributed by atoms with Crippen LogP contribution in [-0.4, -0.2) is 73.0 Å². The molecule has 2 amide bonds. The van der Waals surface area contributed by atoms with Gasteiger partial charge in [-0.1, -0.05) is 30.3 Å². The van der Waals surface area contributed by atoms with Gasteiger partial charge in [-0.05, 0) is 29.8 Å². The maximum Gasteiger partial charge on any atom is 0.254 e. The van der Waals surface area contributed by atoms with Gasteiger partial charge in [-0.25, -0.2) is 4.39 Å². The van der Waals surface area contributed by atoms with Crippen molar-refractivity contribution in [1.29, 1.82) is 0 Å². The predicted octanol–water partition coefficient (Wildman–Crippen LogP) is 3.63. The molecule has 1 saturated heterocycles. The highest BCUT2D eigenvalue weighted by atomic mass is 19.1. The van der Waals surface area contributed by atoms with E-state index >= 15 is 0 Å². The van der Waals surface area contributed by atoms with Crippen LogP contribution in [0, 0.1) is 5.82 Å². The summed E-state index contributed by atoms with van der Waals surface area (Å²) in [6, 6.07) is 15.3. The number of carbonyl (C=O) groups excluding carboxylic acids is 2. The SMILES string of the molecule is COCCN1CCN(C(=O)c2ccc3c(c2)[nH]c2c(C(N)=O)ccc(-c4ccccc4F)c23)CC1. The molecule has 3 N–H and O–H groups in total. The Morgan fingerprint density at radius 3 is 2.51 bits per heavy atom. The number of hydrogen-bond donors (Lipinski definition) is 2. The number of nitrogens with two attached hydrogens (primary N) is 1. The Morgan fingerprint density at radius 2 is 1.80 bits per heavy atom. The summed E-state index contributed by atoms with van der Waals surface area (Å²) in [7, 11) is 1.69. The van der Waals surface area contributed by atoms with Gasteiger partial charge in [0.2, 0.25) is 0 Å². The van der Waals surface area contributed by atoms with Crippen molar-refractivity contribution in [3.05, 3.63) is 71.5 Å². The number of hydrogen-bond acceptors (Lipinski definition) is 4. The van der Waals surface area contributed by atoms with E-state index in [1.54, 1.807) is 49.6 Å². The van der Waals surface area contributed by atoms with Crippen LogP contribution in [0.1, 0.15) is 20.7 Å². The highest BCUT2D eigenvalue weighted by Crippen LogP contribution is 2.37. The van der Waals surface area contributed by atoms with Crippen molar-refractivity contribution in [2.45, 2.75) is 0 Å². The smallest absolute Gasteiger partial charge is 0.254 e. The molecule has 0 atom stereocenters. The molecule has 5 rings (SSSR count). The number of fused-ring (bicyclic) bond motifs is 3. The van der Waals surface area contributed by atoms with Gasteiger partial charge in [-0.3, -0.25) is 14.5 Å². The first-order valence-corrected chi connectivity index (χ1v) is 11.6. The number of carbonyl (C=O) groups is 2. The van der Waals surface area contributed by atoms with Crippen molar-refractivity contribution in [1.82, 2.24) is 14.8 Å². The number of piperazine rings is 1. The molecule has 1 aliphatic heterocycles. The van der Waals surface area contributed by atoms with Crippen molar-refractivity contribution in [2.75, 3.05) is 46.4 Å². The molecule has 0 saturated carbocycles. The minimum Gasteiger partial charge on any atom is -0.383 e. The second kappa shape index (κ2) is 9.48. The van der Waals surface area contributed by atoms with Crippen LogP contribution in [0.15, 0.2) is 54.6 Å². The standard InChI is InChI=1S/C27H27FN4O3/c1-35-15-14-31-10-12-32(13-11-31)27(34)17-6-7-20-23(16-17)30-25-21(26(29)33)9-8-19(24(20)25)18-4-2-3-5-22(18)28/h2-9,16,30H,10-15H2,1H3,(H2,29,33). The lowest BCUT2D eigenvalue weighted by molar-refractivity contribution is 0.0594. The Bertz CT molecular complexity index is 1420. The Balaban J connectivity index is 1.54. The van der Waals surface area contributed by atoms with E-state index in [-0.39, 0.29) is 11.7 Å². The number of methoxy groups -OCH3 is 1. The van der Waals surface area contributed by atoms with E-state index in [9.17, 15) is 14.0 Å². The number of aromatic amines is 1. The summed E-state index contributed by atoms with van der Waals surface area (Å²) < 4.78 is 19.8. The third kappa shape index (κ3) is 4.26. The Labute approximate surface area is 202 Å². The van der Waals surface area contributed by atoms with Gasteiger partial charge in [0.1, 0.15) is 5.82 Å². The summed E-state index contributed by atoms with van der Waals surface area (Å²) in [4.78, 5) is 32.8. The topological polar surface area (TPSA) is 91.7 Å². The molecule has 0 bridgehead atoms. The monoisotopic (exact) mass is 474 g/mol. The largest absolute Gasteiger partial charge is 0.383 e. The first-order chi connectivity index (χ1) is 17.0. The number of aromatic nitrogens is 1. The number of benzene rings is 3. The maximum atomic E-state index is 14.7. The molecule has 35 heavy (non-hydrogen) atoms. The second-order valence-corrected chi connectivity index (χ2v) is 8.77. The molecule has 0 aliphatic carbocycles. The van der Waals surface area contributed by atoms with Crippen LogP contribution in [0.4, 0.5) is 4.39 Å². The van der Waals surface area contributed by atoms with Gasteiger partial charge in [0.15, 0.2) is 0 Å². The molecule has 2 heterocycles. The molecule has 1 aromatic heterocycles. The summed E-state index contributed by atoms with van der Waals surface area (Å²) in [5, 5.41) is 1.49. The molecule has 0 unspecified atom stereocenters. The fraction of sp³-hybridized carbons (Fsp3) is 0.259. The summed E-state index contributed by atoms with van der Waals surface area (Å²) in [5.41, 5.74) is 8.81. The lowest BCUT2D eigenvalue weighted by Crippen LogP contribution is -2.49. The molecule has 1 aliphatic rings. The highest BCUT2D eigenvalue weighted by molar-refractivity contribution is 6.20. The molecule has 1 fully saturated rings. The molecule has 180 valence electrons. The van der Waals surface area contributed by atoms with Crippen LogP contribution in [0.5, 0.6) is 0 Å². The number of halogens is 1. The van der Waals surface area contributed by atoms with E-state index in [1.165, 1.54) is 6.07 Å². The van der Waals surface area contributed by atoms with E-state index < -0.39 is 5.91 Å². The number of amides is 2. The number of primary amides is 1. The molecule has 0 spiro atoms. The zero-order valence-electron chi connectivity index (χ0n) is 19.5. The van der Waals surface area contributed by atoms with E-state index in [2.05, 4.69) is 9.88 Å². The normalized spacial score (nSPS) is 14.6. The summed E-state index contributed by atoms with van der Waals surface area (Å²) in [6.45, 7) is 4.43. The average molecular weight is 475 g/mol. The summed E-state index contributed by atoms with van der Waals surface area (Å²) >= 11 is 0. The van der Waals surface area contributed by atoms with Gasteiger partial charge in [-0.2, -0.15) is 0 Å². The van der Waals surface area contributed by atoms with Crippen LogP contribution in [-0.2, 0) is 4.74 Å². The van der Waals surface area contributed by atoms with E-state index in [0.29, 0.717) is 58.4 Å². The number of nitrogens with zero attached hydrogens (tertiary/aromatic N) is 2. The number of H-pyrrole nitrogens is 1. The lowest BCUT2D eigenvalue weighted by Gasteiger charge is -2.34. The first-order valence-electron chi connectivity index (χ1n) is 11.6. The number of ether oxygens (including phenoxy) is 1. The third-order valence-corrected chi connectivity index (χ3v) is 6.70. The second-order valence-electron chi connectivity index (χ2n) is 8.77. The van der Waals surface area contributed by atoms with Gasteiger partial charge < -0.3 is 20.4 Å². The molecule has 4 aromatic rings. The first kappa shape index (κ1) is 23.0. The van der Waals surface area contributed by atoms with Gasteiger partial charge >= 0.3 is 0 Å². The quantitative estimate of drug-likeness (QED) is 0.447. The Kier molecular flexibility index (Phi) is 6.23. The van der Waals surface area contributed by atoms with Crippen LogP contribution in [0.25, 0.3) is 32.9 Å². The van der Waals surface area contributed by atoms with Crippen LogP contribution in [0.2, 0.25) is 0 Å². The Hall–Kier alpha value is -3.75. The van der Waals surface area contributed by atoms with Gasteiger partial charge in [0, 0.05) is 67.2 Å². The van der Waals surface area contributed by atoms with Gasteiger partial charge in [0.25, 0.3) is 11.8 Å². The van der Waals surface area contributed by atoms with Crippen molar-refractivity contribution in [3.8, 4) is 11.1 Å².